The monoisotopic (exact) mass is 453 g/mol. The van der Waals surface area contributed by atoms with Crippen molar-refractivity contribution in [2.24, 2.45) is 0 Å². The molecule has 1 aliphatic rings. The molecule has 0 fully saturated rings. The third-order valence-electron chi connectivity index (χ3n) is 5.39. The fraction of sp³-hybridized carbons (Fsp3) is 0.261. The second-order valence-electron chi connectivity index (χ2n) is 7.45. The van der Waals surface area contributed by atoms with E-state index in [9.17, 15) is 4.79 Å². The molecule has 3 heterocycles. The Kier molecular flexibility index (Phi) is 5.63. The van der Waals surface area contributed by atoms with Crippen LogP contribution in [0.25, 0.3) is 10.2 Å². The Hall–Kier alpha value is -2.15. The van der Waals surface area contributed by atoms with Gasteiger partial charge in [0.1, 0.15) is 4.83 Å². The number of hydrogen-bond acceptors (Lipinski definition) is 5. The van der Waals surface area contributed by atoms with Crippen molar-refractivity contribution in [1.29, 1.82) is 0 Å². The predicted molar refractivity (Wildman–Crippen MR) is 125 cm³/mol. The Morgan fingerprint density at radius 1 is 1.10 bits per heavy atom. The number of pyridine rings is 1. The summed E-state index contributed by atoms with van der Waals surface area (Å²) < 4.78 is 1.83. The molecular weight excluding hydrogens is 434 g/mol. The zero-order valence-corrected chi connectivity index (χ0v) is 18.7. The van der Waals surface area contributed by atoms with Gasteiger partial charge in [0.25, 0.3) is 5.56 Å². The highest BCUT2D eigenvalue weighted by molar-refractivity contribution is 7.98. The Bertz CT molecular complexity index is 1270. The second-order valence-corrected chi connectivity index (χ2v) is 9.91. The van der Waals surface area contributed by atoms with Crippen molar-refractivity contribution in [3.05, 3.63) is 85.7 Å². The van der Waals surface area contributed by atoms with E-state index in [-0.39, 0.29) is 5.56 Å². The first-order valence-electron chi connectivity index (χ1n) is 10.0. The van der Waals surface area contributed by atoms with Crippen LogP contribution in [0.4, 0.5) is 0 Å². The molecule has 7 heteroatoms. The number of halogens is 1. The van der Waals surface area contributed by atoms with Gasteiger partial charge in [-0.05, 0) is 66.6 Å². The first-order chi connectivity index (χ1) is 14.7. The number of thiophene rings is 1. The fourth-order valence-electron chi connectivity index (χ4n) is 3.91. The molecule has 0 radical (unpaired) electrons. The number of nitrogens with zero attached hydrogens (tertiary/aromatic N) is 3. The summed E-state index contributed by atoms with van der Waals surface area (Å²) in [7, 11) is 0. The van der Waals surface area contributed by atoms with E-state index in [2.05, 4.69) is 4.98 Å². The standard InChI is InChI=1S/C23H20ClN3OS2/c24-17-5-3-4-16(12-17)14-29-23-26-21-20(18-6-1-2-7-19(18)30-21)22(28)27(23)13-15-8-10-25-11-9-15/h3-5,8-12H,1-2,6-7,13-14H2. The van der Waals surface area contributed by atoms with Crippen LogP contribution in [0.15, 0.2) is 58.7 Å². The summed E-state index contributed by atoms with van der Waals surface area (Å²) in [5.41, 5.74) is 3.46. The van der Waals surface area contributed by atoms with Gasteiger partial charge in [0.05, 0.1) is 11.9 Å². The quantitative estimate of drug-likeness (QED) is 0.286. The topological polar surface area (TPSA) is 47.8 Å². The van der Waals surface area contributed by atoms with Gasteiger partial charge in [-0.1, -0.05) is 35.5 Å². The van der Waals surface area contributed by atoms with Crippen LogP contribution in [0, 0.1) is 0 Å². The second kappa shape index (κ2) is 8.53. The Balaban J connectivity index is 1.59. The predicted octanol–water partition coefficient (Wildman–Crippen LogP) is 5.73. The minimum Gasteiger partial charge on any atom is -0.283 e. The van der Waals surface area contributed by atoms with Gasteiger partial charge >= 0.3 is 0 Å². The van der Waals surface area contributed by atoms with E-state index in [1.807, 2.05) is 41.0 Å². The number of aryl methyl sites for hydroxylation is 2. The molecule has 4 nitrogen and oxygen atoms in total. The third kappa shape index (κ3) is 3.92. The van der Waals surface area contributed by atoms with Gasteiger partial charge < -0.3 is 0 Å². The van der Waals surface area contributed by atoms with Crippen LogP contribution in [-0.4, -0.2) is 14.5 Å². The van der Waals surface area contributed by atoms with Crippen LogP contribution in [0.3, 0.4) is 0 Å². The van der Waals surface area contributed by atoms with Crippen molar-refractivity contribution in [1.82, 2.24) is 14.5 Å². The van der Waals surface area contributed by atoms with E-state index in [1.165, 1.54) is 16.9 Å². The van der Waals surface area contributed by atoms with Gasteiger partial charge in [-0.2, -0.15) is 0 Å². The highest BCUT2D eigenvalue weighted by atomic mass is 35.5. The van der Waals surface area contributed by atoms with Crippen molar-refractivity contribution >= 4 is 44.9 Å². The average molecular weight is 454 g/mol. The molecule has 0 aliphatic heterocycles. The largest absolute Gasteiger partial charge is 0.283 e. The lowest BCUT2D eigenvalue weighted by molar-refractivity contribution is 0.655. The van der Waals surface area contributed by atoms with E-state index in [4.69, 9.17) is 16.6 Å². The molecule has 30 heavy (non-hydrogen) atoms. The molecule has 0 saturated carbocycles. The van der Waals surface area contributed by atoms with E-state index in [0.29, 0.717) is 12.3 Å². The van der Waals surface area contributed by atoms with Crippen LogP contribution in [0.5, 0.6) is 0 Å². The van der Waals surface area contributed by atoms with Gasteiger partial charge in [0.2, 0.25) is 0 Å². The normalized spacial score (nSPS) is 13.5. The highest BCUT2D eigenvalue weighted by Gasteiger charge is 2.22. The molecule has 3 aromatic heterocycles. The van der Waals surface area contributed by atoms with Gasteiger partial charge in [-0.15, -0.1) is 11.3 Å². The van der Waals surface area contributed by atoms with Crippen LogP contribution >= 0.6 is 34.7 Å². The lowest BCUT2D eigenvalue weighted by Crippen LogP contribution is -2.24. The van der Waals surface area contributed by atoms with Crippen molar-refractivity contribution in [2.75, 3.05) is 0 Å². The Morgan fingerprint density at radius 2 is 1.93 bits per heavy atom. The van der Waals surface area contributed by atoms with E-state index < -0.39 is 0 Å². The highest BCUT2D eigenvalue weighted by Crippen LogP contribution is 2.35. The number of hydrogen-bond donors (Lipinski definition) is 0. The maximum Gasteiger partial charge on any atom is 0.263 e. The lowest BCUT2D eigenvalue weighted by Gasteiger charge is -2.14. The SMILES string of the molecule is O=c1c2c3c(sc2nc(SCc2cccc(Cl)c2)n1Cc1ccncc1)CCCC3. The summed E-state index contributed by atoms with van der Waals surface area (Å²) in [5, 5.41) is 2.30. The molecule has 0 saturated heterocycles. The molecule has 0 N–H and O–H groups in total. The third-order valence-corrected chi connectivity index (χ3v) is 7.86. The number of rotatable bonds is 5. The van der Waals surface area contributed by atoms with Gasteiger partial charge in [0, 0.05) is 28.0 Å². The fourth-order valence-corrected chi connectivity index (χ4v) is 6.37. The molecule has 0 spiro atoms. The number of thioether (sulfide) groups is 1. The van der Waals surface area contributed by atoms with E-state index in [1.54, 1.807) is 35.5 Å². The molecule has 0 unspecified atom stereocenters. The van der Waals surface area contributed by atoms with E-state index in [0.717, 1.165) is 50.8 Å². The molecule has 1 aromatic carbocycles. The summed E-state index contributed by atoms with van der Waals surface area (Å²) >= 11 is 9.43. The maximum atomic E-state index is 13.6. The number of aromatic nitrogens is 3. The van der Waals surface area contributed by atoms with Gasteiger partial charge in [-0.25, -0.2) is 4.98 Å². The van der Waals surface area contributed by atoms with Crippen LogP contribution in [0.2, 0.25) is 5.02 Å². The first-order valence-corrected chi connectivity index (χ1v) is 12.2. The average Bonchev–Trinajstić information content (AvgIpc) is 3.14. The molecule has 0 atom stereocenters. The van der Waals surface area contributed by atoms with Gasteiger partial charge in [-0.3, -0.25) is 14.3 Å². The summed E-state index contributed by atoms with van der Waals surface area (Å²) in [5.74, 6) is 0.708. The minimum absolute atomic E-state index is 0.0739. The minimum atomic E-state index is 0.0739. The molecule has 0 amide bonds. The molecule has 4 aromatic rings. The summed E-state index contributed by atoms with van der Waals surface area (Å²) in [6, 6.07) is 11.7. The molecule has 152 valence electrons. The zero-order valence-electron chi connectivity index (χ0n) is 16.3. The summed E-state index contributed by atoms with van der Waals surface area (Å²) in [6.07, 6.45) is 7.91. The van der Waals surface area contributed by atoms with Crippen molar-refractivity contribution in [2.45, 2.75) is 43.1 Å². The molecule has 1 aliphatic carbocycles. The Morgan fingerprint density at radius 3 is 2.77 bits per heavy atom. The number of fused-ring (bicyclic) bond motifs is 3. The van der Waals surface area contributed by atoms with Crippen molar-refractivity contribution in [3.8, 4) is 0 Å². The first kappa shape index (κ1) is 19.8. The van der Waals surface area contributed by atoms with Crippen LogP contribution in [-0.2, 0) is 25.1 Å². The lowest BCUT2D eigenvalue weighted by atomic mass is 9.97. The molecule has 0 bridgehead atoms. The number of benzene rings is 1. The zero-order chi connectivity index (χ0) is 20.5. The van der Waals surface area contributed by atoms with Crippen molar-refractivity contribution in [3.63, 3.8) is 0 Å². The molecule has 5 rings (SSSR count). The Labute approximate surface area is 188 Å². The van der Waals surface area contributed by atoms with Gasteiger partial charge in [0.15, 0.2) is 5.16 Å². The van der Waals surface area contributed by atoms with Crippen LogP contribution in [0.1, 0.15) is 34.4 Å². The molecular formula is C23H20ClN3OS2. The van der Waals surface area contributed by atoms with Crippen molar-refractivity contribution < 1.29 is 0 Å². The van der Waals surface area contributed by atoms with E-state index >= 15 is 0 Å². The smallest absolute Gasteiger partial charge is 0.263 e. The summed E-state index contributed by atoms with van der Waals surface area (Å²) in [6.45, 7) is 0.493. The maximum absolute atomic E-state index is 13.6. The summed E-state index contributed by atoms with van der Waals surface area (Å²) in [4.78, 5) is 24.9. The van der Waals surface area contributed by atoms with Crippen LogP contribution < -0.4 is 5.56 Å².